The molecular weight excluding hydrogens is 402 g/mol. The van der Waals surface area contributed by atoms with Crippen LogP contribution in [0.25, 0.3) is 9.88 Å². The number of likely N-dealkylation sites (tertiary alicyclic amines) is 1. The minimum absolute atomic E-state index is 0.0412. The van der Waals surface area contributed by atoms with Crippen molar-refractivity contribution in [1.82, 2.24) is 15.2 Å². The standard InChI is InChI=1S/C22H25N3O2S2/c1-15-20(29-22(24-15)19-6-5-13-28-19)21(26)23-14-18(25-11-3-4-12-25)16-7-9-17(27-2)10-8-16/h5-10,13,18H,3-4,11-12,14H2,1-2H3,(H,23,26). The summed E-state index contributed by atoms with van der Waals surface area (Å²) in [6, 6.07) is 12.4. The SMILES string of the molecule is COc1ccc(C(CNC(=O)c2sc(-c3cccs3)nc2C)N2CCCC2)cc1. The number of thiophene rings is 1. The molecule has 1 aromatic carbocycles. The zero-order chi connectivity index (χ0) is 20.2. The lowest BCUT2D eigenvalue weighted by Gasteiger charge is -2.28. The molecule has 29 heavy (non-hydrogen) atoms. The molecule has 0 radical (unpaired) electrons. The molecule has 7 heteroatoms. The number of nitrogens with zero attached hydrogens (tertiary/aromatic N) is 2. The lowest BCUT2D eigenvalue weighted by Crippen LogP contribution is -2.36. The molecule has 0 saturated carbocycles. The minimum Gasteiger partial charge on any atom is -0.497 e. The highest BCUT2D eigenvalue weighted by atomic mass is 32.1. The lowest BCUT2D eigenvalue weighted by molar-refractivity contribution is 0.0941. The molecular formula is C22H25N3O2S2. The maximum absolute atomic E-state index is 12.9. The third-order valence-corrected chi connectivity index (χ3v) is 7.47. The van der Waals surface area contributed by atoms with E-state index in [0.29, 0.717) is 11.4 Å². The molecule has 5 nitrogen and oxygen atoms in total. The summed E-state index contributed by atoms with van der Waals surface area (Å²) < 4.78 is 5.29. The third-order valence-electron chi connectivity index (χ3n) is 5.27. The number of hydrogen-bond acceptors (Lipinski definition) is 6. The molecule has 1 fully saturated rings. The molecule has 3 aromatic rings. The van der Waals surface area contributed by atoms with Gasteiger partial charge in [0.2, 0.25) is 0 Å². The number of thiazole rings is 1. The van der Waals surface area contributed by atoms with Crippen molar-refractivity contribution >= 4 is 28.6 Å². The van der Waals surface area contributed by atoms with Gasteiger partial charge >= 0.3 is 0 Å². The van der Waals surface area contributed by atoms with Crippen molar-refractivity contribution in [2.45, 2.75) is 25.8 Å². The fourth-order valence-electron chi connectivity index (χ4n) is 3.72. The largest absolute Gasteiger partial charge is 0.497 e. The van der Waals surface area contributed by atoms with Crippen molar-refractivity contribution in [3.63, 3.8) is 0 Å². The van der Waals surface area contributed by atoms with Crippen LogP contribution in [0, 0.1) is 6.92 Å². The van der Waals surface area contributed by atoms with Crippen LogP contribution in [0.2, 0.25) is 0 Å². The number of aromatic nitrogens is 1. The zero-order valence-electron chi connectivity index (χ0n) is 16.7. The molecule has 1 aliphatic rings. The number of carbonyl (C=O) groups is 1. The number of carbonyl (C=O) groups excluding carboxylic acids is 1. The number of ether oxygens (including phenoxy) is 1. The summed E-state index contributed by atoms with van der Waals surface area (Å²) in [5, 5.41) is 6.10. The second-order valence-corrected chi connectivity index (χ2v) is 9.10. The van der Waals surface area contributed by atoms with E-state index < -0.39 is 0 Å². The highest BCUT2D eigenvalue weighted by Crippen LogP contribution is 2.31. The quantitative estimate of drug-likeness (QED) is 0.591. The molecule has 1 unspecified atom stereocenters. The molecule has 1 aliphatic heterocycles. The van der Waals surface area contributed by atoms with Gasteiger partial charge in [-0.2, -0.15) is 0 Å². The Morgan fingerprint density at radius 2 is 2.00 bits per heavy atom. The van der Waals surface area contributed by atoms with Gasteiger partial charge < -0.3 is 10.1 Å². The van der Waals surface area contributed by atoms with Gasteiger partial charge in [0.05, 0.1) is 23.7 Å². The van der Waals surface area contributed by atoms with Gasteiger partial charge in [-0.15, -0.1) is 22.7 Å². The van der Waals surface area contributed by atoms with Crippen LogP contribution >= 0.6 is 22.7 Å². The average Bonchev–Trinajstić information content (AvgIpc) is 3.50. The lowest BCUT2D eigenvalue weighted by atomic mass is 10.1. The van der Waals surface area contributed by atoms with Crippen molar-refractivity contribution in [2.24, 2.45) is 0 Å². The highest BCUT2D eigenvalue weighted by molar-refractivity contribution is 7.22. The van der Waals surface area contributed by atoms with E-state index in [0.717, 1.165) is 34.4 Å². The molecule has 1 N–H and O–H groups in total. The first kappa shape index (κ1) is 20.1. The smallest absolute Gasteiger partial charge is 0.263 e. The van der Waals surface area contributed by atoms with Gasteiger partial charge in [0.15, 0.2) is 0 Å². The first-order chi connectivity index (χ1) is 14.2. The van der Waals surface area contributed by atoms with Crippen LogP contribution in [-0.4, -0.2) is 42.5 Å². The molecule has 1 amide bonds. The summed E-state index contributed by atoms with van der Waals surface area (Å²) in [5.74, 6) is 0.805. The van der Waals surface area contributed by atoms with Crippen LogP contribution in [0.4, 0.5) is 0 Å². The average molecular weight is 428 g/mol. The van der Waals surface area contributed by atoms with Gasteiger partial charge in [0.25, 0.3) is 5.91 Å². The summed E-state index contributed by atoms with van der Waals surface area (Å²) in [7, 11) is 1.68. The Morgan fingerprint density at radius 3 is 2.66 bits per heavy atom. The third kappa shape index (κ3) is 4.52. The van der Waals surface area contributed by atoms with Crippen LogP contribution in [0.15, 0.2) is 41.8 Å². The van der Waals surface area contributed by atoms with Crippen LogP contribution in [0.3, 0.4) is 0 Å². The van der Waals surface area contributed by atoms with E-state index in [2.05, 4.69) is 27.3 Å². The molecule has 2 aromatic heterocycles. The maximum atomic E-state index is 12.9. The Bertz CT molecular complexity index is 945. The first-order valence-electron chi connectivity index (χ1n) is 9.83. The molecule has 0 spiro atoms. The van der Waals surface area contributed by atoms with Crippen molar-refractivity contribution in [3.8, 4) is 15.6 Å². The molecule has 3 heterocycles. The Labute approximate surface area is 179 Å². The van der Waals surface area contributed by atoms with Crippen molar-refractivity contribution < 1.29 is 9.53 Å². The molecule has 0 bridgehead atoms. The van der Waals surface area contributed by atoms with Gasteiger partial charge in [-0.1, -0.05) is 18.2 Å². The van der Waals surface area contributed by atoms with Gasteiger partial charge in [0.1, 0.15) is 15.6 Å². The maximum Gasteiger partial charge on any atom is 0.263 e. The van der Waals surface area contributed by atoms with E-state index in [1.807, 2.05) is 36.6 Å². The summed E-state index contributed by atoms with van der Waals surface area (Å²) >= 11 is 3.11. The Kier molecular flexibility index (Phi) is 6.28. The van der Waals surface area contributed by atoms with Crippen molar-refractivity contribution in [1.29, 1.82) is 0 Å². The predicted molar refractivity (Wildman–Crippen MR) is 119 cm³/mol. The second-order valence-electron chi connectivity index (χ2n) is 7.15. The monoisotopic (exact) mass is 427 g/mol. The molecule has 1 atom stereocenters. The molecule has 152 valence electrons. The van der Waals surface area contributed by atoms with Crippen LogP contribution in [0.5, 0.6) is 5.75 Å². The first-order valence-corrected chi connectivity index (χ1v) is 11.5. The number of nitrogens with one attached hydrogen (secondary N) is 1. The highest BCUT2D eigenvalue weighted by Gasteiger charge is 2.25. The van der Waals surface area contributed by atoms with E-state index >= 15 is 0 Å². The Morgan fingerprint density at radius 1 is 1.24 bits per heavy atom. The molecule has 4 rings (SSSR count). The van der Waals surface area contributed by atoms with Crippen LogP contribution in [0.1, 0.15) is 39.8 Å². The van der Waals surface area contributed by atoms with Gasteiger partial charge in [-0.25, -0.2) is 4.98 Å². The van der Waals surface area contributed by atoms with Crippen molar-refractivity contribution in [3.05, 3.63) is 57.9 Å². The number of rotatable bonds is 7. The van der Waals surface area contributed by atoms with Crippen LogP contribution < -0.4 is 10.1 Å². The zero-order valence-corrected chi connectivity index (χ0v) is 18.3. The van der Waals surface area contributed by atoms with Gasteiger partial charge in [-0.05, 0) is 62.0 Å². The predicted octanol–water partition coefficient (Wildman–Crippen LogP) is 4.76. The normalized spacial score (nSPS) is 15.4. The van der Waals surface area contributed by atoms with Crippen molar-refractivity contribution in [2.75, 3.05) is 26.7 Å². The minimum atomic E-state index is -0.0412. The van der Waals surface area contributed by atoms with E-state index in [4.69, 9.17) is 4.74 Å². The Hall–Kier alpha value is -2.22. The van der Waals surface area contributed by atoms with E-state index in [1.165, 1.54) is 29.7 Å². The topological polar surface area (TPSA) is 54.5 Å². The summed E-state index contributed by atoms with van der Waals surface area (Å²) in [6.07, 6.45) is 2.41. The number of aryl methyl sites for hydroxylation is 1. The summed E-state index contributed by atoms with van der Waals surface area (Å²) in [5.41, 5.74) is 1.99. The Balaban J connectivity index is 1.49. The fourth-order valence-corrected chi connectivity index (χ4v) is 5.50. The number of amides is 1. The van der Waals surface area contributed by atoms with E-state index in [1.54, 1.807) is 18.4 Å². The van der Waals surface area contributed by atoms with Crippen LogP contribution in [-0.2, 0) is 0 Å². The fraction of sp³-hybridized carbons (Fsp3) is 0.364. The second kappa shape index (κ2) is 9.07. The number of methoxy groups -OCH3 is 1. The number of hydrogen-bond donors (Lipinski definition) is 1. The summed E-state index contributed by atoms with van der Waals surface area (Å²) in [6.45, 7) is 4.62. The number of benzene rings is 1. The van der Waals surface area contributed by atoms with E-state index in [-0.39, 0.29) is 11.9 Å². The molecule has 1 saturated heterocycles. The molecule has 0 aliphatic carbocycles. The summed E-state index contributed by atoms with van der Waals surface area (Å²) in [4.78, 5) is 21.8. The van der Waals surface area contributed by atoms with E-state index in [9.17, 15) is 4.79 Å². The van der Waals surface area contributed by atoms with Gasteiger partial charge in [0, 0.05) is 6.54 Å². The van der Waals surface area contributed by atoms with Gasteiger partial charge in [-0.3, -0.25) is 9.69 Å².